The molecular formula is C12H21N. The van der Waals surface area contributed by atoms with Crippen LogP contribution in [0.1, 0.15) is 51.9 Å². The Balaban J connectivity index is 1.77. The summed E-state index contributed by atoms with van der Waals surface area (Å²) in [4.78, 5) is 2.89. The zero-order valence-electron chi connectivity index (χ0n) is 8.76. The van der Waals surface area contributed by atoms with Crippen LogP contribution in [-0.4, -0.2) is 23.0 Å². The highest BCUT2D eigenvalue weighted by atomic mass is 15.3. The van der Waals surface area contributed by atoms with Crippen molar-refractivity contribution < 1.29 is 0 Å². The number of rotatable bonds is 1. The summed E-state index contributed by atoms with van der Waals surface area (Å²) in [5.41, 5.74) is 0.707. The lowest BCUT2D eigenvalue weighted by Crippen LogP contribution is -2.58. The second-order valence-corrected chi connectivity index (χ2v) is 5.60. The fourth-order valence-corrected chi connectivity index (χ4v) is 3.50. The van der Waals surface area contributed by atoms with Gasteiger partial charge in [-0.2, -0.15) is 0 Å². The van der Waals surface area contributed by atoms with E-state index in [1.54, 1.807) is 0 Å². The second-order valence-electron chi connectivity index (χ2n) is 5.60. The van der Waals surface area contributed by atoms with E-state index < -0.39 is 0 Å². The molecule has 0 aromatic carbocycles. The van der Waals surface area contributed by atoms with Crippen LogP contribution in [0, 0.1) is 5.92 Å². The zero-order valence-corrected chi connectivity index (χ0v) is 8.76. The van der Waals surface area contributed by atoms with Crippen LogP contribution in [0.15, 0.2) is 0 Å². The maximum Gasteiger partial charge on any atom is 0.0215 e. The van der Waals surface area contributed by atoms with Crippen molar-refractivity contribution in [1.29, 1.82) is 0 Å². The molecule has 0 aromatic heterocycles. The number of hydrogen-bond donors (Lipinski definition) is 0. The van der Waals surface area contributed by atoms with Gasteiger partial charge in [0.15, 0.2) is 0 Å². The van der Waals surface area contributed by atoms with Gasteiger partial charge in [-0.15, -0.1) is 0 Å². The van der Waals surface area contributed by atoms with Gasteiger partial charge in [0.1, 0.15) is 0 Å². The fraction of sp³-hybridized carbons (Fsp3) is 1.00. The Hall–Kier alpha value is -0.0400. The van der Waals surface area contributed by atoms with Crippen molar-refractivity contribution in [1.82, 2.24) is 4.90 Å². The third-order valence-corrected chi connectivity index (χ3v) is 4.47. The van der Waals surface area contributed by atoms with E-state index in [4.69, 9.17) is 0 Å². The fourth-order valence-electron chi connectivity index (χ4n) is 3.50. The van der Waals surface area contributed by atoms with Gasteiger partial charge >= 0.3 is 0 Å². The topological polar surface area (TPSA) is 3.24 Å². The van der Waals surface area contributed by atoms with Crippen LogP contribution >= 0.6 is 0 Å². The Labute approximate surface area is 81.5 Å². The average molecular weight is 179 g/mol. The van der Waals surface area contributed by atoms with Crippen molar-refractivity contribution in [3.05, 3.63) is 0 Å². The van der Waals surface area contributed by atoms with Crippen molar-refractivity contribution in [3.63, 3.8) is 0 Å². The largest absolute Gasteiger partial charge is 0.295 e. The van der Waals surface area contributed by atoms with E-state index in [9.17, 15) is 0 Å². The quantitative estimate of drug-likeness (QED) is 0.598. The van der Waals surface area contributed by atoms with E-state index in [0.29, 0.717) is 5.54 Å². The molecule has 1 spiro atoms. The Morgan fingerprint density at radius 3 is 2.46 bits per heavy atom. The molecule has 1 atom stereocenters. The lowest BCUT2D eigenvalue weighted by molar-refractivity contribution is -0.0405. The van der Waals surface area contributed by atoms with Gasteiger partial charge in [0, 0.05) is 11.6 Å². The third kappa shape index (κ3) is 1.24. The lowest BCUT2D eigenvalue weighted by Gasteiger charge is -2.55. The molecule has 13 heavy (non-hydrogen) atoms. The average Bonchev–Trinajstić information content (AvgIpc) is 2.84. The summed E-state index contributed by atoms with van der Waals surface area (Å²) in [6, 6.07) is 1.01. The Morgan fingerprint density at radius 2 is 1.92 bits per heavy atom. The number of likely N-dealkylation sites (tertiary alicyclic amines) is 1. The van der Waals surface area contributed by atoms with Crippen LogP contribution in [0.4, 0.5) is 0 Å². The Morgan fingerprint density at radius 1 is 1.15 bits per heavy atom. The molecule has 0 N–H and O–H groups in total. The van der Waals surface area contributed by atoms with Crippen molar-refractivity contribution in [2.24, 2.45) is 5.92 Å². The van der Waals surface area contributed by atoms with E-state index in [-0.39, 0.29) is 0 Å². The van der Waals surface area contributed by atoms with Gasteiger partial charge in [-0.25, -0.2) is 0 Å². The highest BCUT2D eigenvalue weighted by Gasteiger charge is 2.50. The Kier molecular flexibility index (Phi) is 1.74. The van der Waals surface area contributed by atoms with E-state index in [1.165, 1.54) is 51.5 Å². The predicted molar refractivity (Wildman–Crippen MR) is 54.7 cm³/mol. The maximum atomic E-state index is 2.89. The van der Waals surface area contributed by atoms with Gasteiger partial charge in [0.05, 0.1) is 0 Å². The number of hydrogen-bond acceptors (Lipinski definition) is 1. The zero-order chi connectivity index (χ0) is 8.89. The first-order chi connectivity index (χ1) is 6.30. The minimum atomic E-state index is 0.707. The van der Waals surface area contributed by atoms with Gasteiger partial charge < -0.3 is 0 Å². The van der Waals surface area contributed by atoms with E-state index in [0.717, 1.165) is 12.0 Å². The molecule has 3 rings (SSSR count). The molecule has 1 heteroatoms. The van der Waals surface area contributed by atoms with Crippen LogP contribution in [0.25, 0.3) is 0 Å². The number of piperidine rings is 1. The van der Waals surface area contributed by atoms with Crippen molar-refractivity contribution in [2.45, 2.75) is 63.5 Å². The summed E-state index contributed by atoms with van der Waals surface area (Å²) in [5, 5.41) is 0. The summed E-state index contributed by atoms with van der Waals surface area (Å²) in [6.07, 6.45) is 10.5. The first-order valence-electron chi connectivity index (χ1n) is 6.07. The summed E-state index contributed by atoms with van der Waals surface area (Å²) < 4.78 is 0. The van der Waals surface area contributed by atoms with E-state index in [1.807, 2.05) is 0 Å². The minimum Gasteiger partial charge on any atom is -0.295 e. The van der Waals surface area contributed by atoms with Crippen LogP contribution in [0.3, 0.4) is 0 Å². The minimum absolute atomic E-state index is 0.707. The molecule has 2 saturated carbocycles. The summed E-state index contributed by atoms with van der Waals surface area (Å²) >= 11 is 0. The standard InChI is InChI=1S/C12H21N/c1-10-5-8-13(11-3-4-11)12(9-10)6-2-7-12/h10-11H,2-9H2,1H3/t10-/m1/s1. The number of nitrogens with zero attached hydrogens (tertiary/aromatic N) is 1. The van der Waals surface area contributed by atoms with Crippen LogP contribution in [-0.2, 0) is 0 Å². The van der Waals surface area contributed by atoms with Gasteiger partial charge in [0.25, 0.3) is 0 Å². The first-order valence-corrected chi connectivity index (χ1v) is 6.07. The van der Waals surface area contributed by atoms with Crippen molar-refractivity contribution in [2.75, 3.05) is 6.54 Å². The highest BCUT2D eigenvalue weighted by molar-refractivity contribution is 5.06. The summed E-state index contributed by atoms with van der Waals surface area (Å²) in [5.74, 6) is 0.996. The molecule has 2 aliphatic carbocycles. The first kappa shape index (κ1) is 8.28. The van der Waals surface area contributed by atoms with Gasteiger partial charge in [0.2, 0.25) is 0 Å². The van der Waals surface area contributed by atoms with Gasteiger partial charge in [-0.05, 0) is 57.4 Å². The molecule has 0 aromatic rings. The monoisotopic (exact) mass is 179 g/mol. The van der Waals surface area contributed by atoms with Crippen molar-refractivity contribution >= 4 is 0 Å². The Bertz CT molecular complexity index is 203. The van der Waals surface area contributed by atoms with Gasteiger partial charge in [-0.1, -0.05) is 6.92 Å². The molecule has 3 aliphatic rings. The second kappa shape index (κ2) is 2.73. The van der Waals surface area contributed by atoms with Crippen molar-refractivity contribution in [3.8, 4) is 0 Å². The molecule has 74 valence electrons. The molecule has 3 fully saturated rings. The smallest absolute Gasteiger partial charge is 0.0215 e. The summed E-state index contributed by atoms with van der Waals surface area (Å²) in [6.45, 7) is 3.86. The molecular weight excluding hydrogens is 158 g/mol. The highest BCUT2D eigenvalue weighted by Crippen LogP contribution is 2.50. The lowest BCUT2D eigenvalue weighted by atomic mass is 9.67. The summed E-state index contributed by atoms with van der Waals surface area (Å²) in [7, 11) is 0. The molecule has 0 radical (unpaired) electrons. The molecule has 0 unspecified atom stereocenters. The molecule has 0 bridgehead atoms. The maximum absolute atomic E-state index is 2.89. The molecule has 1 heterocycles. The molecule has 1 saturated heterocycles. The third-order valence-electron chi connectivity index (χ3n) is 4.47. The molecule has 0 amide bonds. The van der Waals surface area contributed by atoms with Gasteiger partial charge in [-0.3, -0.25) is 4.90 Å². The SMILES string of the molecule is C[C@@H]1CCN(C2CC2)C2(CCC2)C1. The van der Waals surface area contributed by atoms with Crippen LogP contribution < -0.4 is 0 Å². The molecule has 1 nitrogen and oxygen atoms in total. The molecule has 1 aliphatic heterocycles. The van der Waals surface area contributed by atoms with Crippen LogP contribution in [0.5, 0.6) is 0 Å². The predicted octanol–water partition coefficient (Wildman–Crippen LogP) is 2.80. The van der Waals surface area contributed by atoms with Crippen LogP contribution in [0.2, 0.25) is 0 Å². The normalized spacial score (nSPS) is 39.0. The van der Waals surface area contributed by atoms with E-state index in [2.05, 4.69) is 11.8 Å². The van der Waals surface area contributed by atoms with E-state index >= 15 is 0 Å².